The van der Waals surface area contributed by atoms with Gasteiger partial charge in [0, 0.05) is 29.8 Å². The molecule has 1 aromatic carbocycles. The van der Waals surface area contributed by atoms with Crippen LogP contribution >= 0.6 is 0 Å². The van der Waals surface area contributed by atoms with E-state index in [1.54, 1.807) is 7.11 Å². The molecular weight excluding hydrogens is 238 g/mol. The quantitative estimate of drug-likeness (QED) is 0.857. The molecule has 0 radical (unpaired) electrons. The molecule has 0 aromatic heterocycles. The van der Waals surface area contributed by atoms with Crippen LogP contribution in [0.15, 0.2) is 18.2 Å². The van der Waals surface area contributed by atoms with Gasteiger partial charge >= 0.3 is 0 Å². The van der Waals surface area contributed by atoms with Gasteiger partial charge in [0.05, 0.1) is 7.11 Å². The third-order valence-electron chi connectivity index (χ3n) is 3.21. The molecule has 0 spiro atoms. The van der Waals surface area contributed by atoms with Crippen LogP contribution in [0.3, 0.4) is 0 Å². The third kappa shape index (κ3) is 4.43. The molecule has 0 atom stereocenters. The Labute approximate surface area is 117 Å². The average molecular weight is 265 g/mol. The van der Waals surface area contributed by atoms with Gasteiger partial charge in [0.1, 0.15) is 5.75 Å². The Hall–Kier alpha value is -1.22. The van der Waals surface area contributed by atoms with E-state index >= 15 is 0 Å². The first-order chi connectivity index (χ1) is 8.69. The lowest BCUT2D eigenvalue weighted by atomic mass is 9.86. The van der Waals surface area contributed by atoms with Crippen molar-refractivity contribution in [2.75, 3.05) is 25.6 Å². The van der Waals surface area contributed by atoms with Crippen molar-refractivity contribution >= 4 is 5.69 Å². The number of ether oxygens (including phenoxy) is 1. The minimum Gasteiger partial charge on any atom is -0.496 e. The van der Waals surface area contributed by atoms with Gasteiger partial charge in [-0.05, 0) is 23.6 Å². The number of benzene rings is 1. The van der Waals surface area contributed by atoms with Crippen LogP contribution in [0.1, 0.15) is 40.2 Å². The van der Waals surface area contributed by atoms with Crippen molar-refractivity contribution in [3.05, 3.63) is 23.8 Å². The second-order valence-corrected chi connectivity index (χ2v) is 6.84. The molecule has 19 heavy (non-hydrogen) atoms. The van der Waals surface area contributed by atoms with E-state index in [2.05, 4.69) is 32.2 Å². The number of rotatable bonds is 5. The van der Waals surface area contributed by atoms with Crippen molar-refractivity contribution in [1.82, 2.24) is 0 Å². The second-order valence-electron chi connectivity index (χ2n) is 6.84. The van der Waals surface area contributed by atoms with Crippen LogP contribution in [0.2, 0.25) is 0 Å². The van der Waals surface area contributed by atoms with Crippen molar-refractivity contribution in [2.45, 2.75) is 40.0 Å². The molecule has 0 aliphatic rings. The van der Waals surface area contributed by atoms with Crippen LogP contribution in [0.5, 0.6) is 5.75 Å². The summed E-state index contributed by atoms with van der Waals surface area (Å²) in [6.07, 6.45) is 0. The predicted octanol–water partition coefficient (Wildman–Crippen LogP) is 3.42. The van der Waals surface area contributed by atoms with E-state index in [0.717, 1.165) is 18.0 Å². The average Bonchev–Trinajstić information content (AvgIpc) is 2.35. The number of aliphatic hydroxyl groups excluding tert-OH is 1. The summed E-state index contributed by atoms with van der Waals surface area (Å²) in [6, 6.07) is 6.14. The van der Waals surface area contributed by atoms with Crippen LogP contribution in [-0.2, 0) is 5.41 Å². The van der Waals surface area contributed by atoms with Gasteiger partial charge in [-0.25, -0.2) is 0 Å². The summed E-state index contributed by atoms with van der Waals surface area (Å²) < 4.78 is 5.43. The molecule has 0 bridgehead atoms. The summed E-state index contributed by atoms with van der Waals surface area (Å²) in [4.78, 5) is 0. The number of anilines is 1. The topological polar surface area (TPSA) is 41.5 Å². The highest BCUT2D eigenvalue weighted by atomic mass is 16.5. The van der Waals surface area contributed by atoms with E-state index in [9.17, 15) is 5.11 Å². The zero-order valence-electron chi connectivity index (χ0n) is 13.0. The van der Waals surface area contributed by atoms with Gasteiger partial charge in [-0.1, -0.05) is 34.6 Å². The lowest BCUT2D eigenvalue weighted by Gasteiger charge is -2.25. The largest absolute Gasteiger partial charge is 0.496 e. The summed E-state index contributed by atoms with van der Waals surface area (Å²) >= 11 is 0. The summed E-state index contributed by atoms with van der Waals surface area (Å²) in [5, 5.41) is 12.7. The van der Waals surface area contributed by atoms with Crippen LogP contribution in [0, 0.1) is 5.41 Å². The van der Waals surface area contributed by atoms with Crippen LogP contribution < -0.4 is 10.1 Å². The van der Waals surface area contributed by atoms with Crippen molar-refractivity contribution in [3.8, 4) is 5.75 Å². The molecule has 2 N–H and O–H groups in total. The Balaban J connectivity index is 2.93. The summed E-state index contributed by atoms with van der Waals surface area (Å²) in [5.41, 5.74) is 2.16. The molecule has 3 nitrogen and oxygen atoms in total. The number of aliphatic hydroxyl groups is 1. The van der Waals surface area contributed by atoms with Crippen molar-refractivity contribution in [1.29, 1.82) is 0 Å². The SMILES string of the molecule is COc1ccc(NCC(C)(C)CO)cc1C(C)(C)C. The number of hydrogen-bond donors (Lipinski definition) is 2. The zero-order valence-corrected chi connectivity index (χ0v) is 13.0. The molecule has 1 aromatic rings. The van der Waals surface area contributed by atoms with E-state index < -0.39 is 0 Å². The molecule has 0 saturated carbocycles. The molecule has 0 aliphatic carbocycles. The maximum absolute atomic E-state index is 9.28. The summed E-state index contributed by atoms with van der Waals surface area (Å²) in [7, 11) is 1.70. The molecule has 0 unspecified atom stereocenters. The van der Waals surface area contributed by atoms with Crippen molar-refractivity contribution in [2.24, 2.45) is 5.41 Å². The van der Waals surface area contributed by atoms with Gasteiger partial charge in [-0.3, -0.25) is 0 Å². The maximum atomic E-state index is 9.28. The Morgan fingerprint density at radius 1 is 1.16 bits per heavy atom. The molecule has 0 saturated heterocycles. The Morgan fingerprint density at radius 3 is 2.26 bits per heavy atom. The molecule has 3 heteroatoms. The Morgan fingerprint density at radius 2 is 1.79 bits per heavy atom. The lowest BCUT2D eigenvalue weighted by Crippen LogP contribution is -2.27. The second kappa shape index (κ2) is 5.83. The van der Waals surface area contributed by atoms with E-state index in [-0.39, 0.29) is 17.4 Å². The van der Waals surface area contributed by atoms with Gasteiger partial charge < -0.3 is 15.2 Å². The highest BCUT2D eigenvalue weighted by Gasteiger charge is 2.20. The molecular formula is C16H27NO2. The Kier molecular flexibility index (Phi) is 4.86. The first-order valence-corrected chi connectivity index (χ1v) is 6.73. The lowest BCUT2D eigenvalue weighted by molar-refractivity contribution is 0.171. The normalized spacial score (nSPS) is 12.4. The fourth-order valence-electron chi connectivity index (χ4n) is 1.80. The molecule has 1 rings (SSSR count). The summed E-state index contributed by atoms with van der Waals surface area (Å²) in [5.74, 6) is 0.916. The van der Waals surface area contributed by atoms with E-state index in [1.807, 2.05) is 26.0 Å². The molecule has 0 aliphatic heterocycles. The number of nitrogens with one attached hydrogen (secondary N) is 1. The molecule has 0 amide bonds. The standard InChI is InChI=1S/C16H27NO2/c1-15(2,3)13-9-12(7-8-14(13)19-6)17-10-16(4,5)11-18/h7-9,17-18H,10-11H2,1-6H3. The van der Waals surface area contributed by atoms with E-state index in [0.29, 0.717) is 0 Å². The maximum Gasteiger partial charge on any atom is 0.122 e. The fourth-order valence-corrected chi connectivity index (χ4v) is 1.80. The number of hydrogen-bond acceptors (Lipinski definition) is 3. The minimum absolute atomic E-state index is 0.0372. The zero-order chi connectivity index (χ0) is 14.7. The predicted molar refractivity (Wildman–Crippen MR) is 81.1 cm³/mol. The first-order valence-electron chi connectivity index (χ1n) is 6.73. The van der Waals surface area contributed by atoms with Gasteiger partial charge in [-0.15, -0.1) is 0 Å². The smallest absolute Gasteiger partial charge is 0.122 e. The highest BCUT2D eigenvalue weighted by Crippen LogP contribution is 2.33. The monoisotopic (exact) mass is 265 g/mol. The van der Waals surface area contributed by atoms with Gasteiger partial charge in [0.25, 0.3) is 0 Å². The van der Waals surface area contributed by atoms with E-state index in [4.69, 9.17) is 4.74 Å². The van der Waals surface area contributed by atoms with Gasteiger partial charge in [0.2, 0.25) is 0 Å². The minimum atomic E-state index is -0.123. The highest BCUT2D eigenvalue weighted by molar-refractivity contribution is 5.53. The number of methoxy groups -OCH3 is 1. The van der Waals surface area contributed by atoms with Crippen molar-refractivity contribution in [3.63, 3.8) is 0 Å². The van der Waals surface area contributed by atoms with Gasteiger partial charge in [-0.2, -0.15) is 0 Å². The van der Waals surface area contributed by atoms with E-state index in [1.165, 1.54) is 5.56 Å². The molecule has 0 heterocycles. The Bertz CT molecular complexity index is 419. The van der Waals surface area contributed by atoms with Gasteiger partial charge in [0.15, 0.2) is 0 Å². The fraction of sp³-hybridized carbons (Fsp3) is 0.625. The molecule has 0 fully saturated rings. The van der Waals surface area contributed by atoms with Crippen LogP contribution in [0.4, 0.5) is 5.69 Å². The van der Waals surface area contributed by atoms with Crippen LogP contribution in [-0.4, -0.2) is 25.4 Å². The summed E-state index contributed by atoms with van der Waals surface area (Å²) in [6.45, 7) is 11.5. The first kappa shape index (κ1) is 15.8. The van der Waals surface area contributed by atoms with Crippen LogP contribution in [0.25, 0.3) is 0 Å². The third-order valence-corrected chi connectivity index (χ3v) is 3.21. The van der Waals surface area contributed by atoms with Crippen molar-refractivity contribution < 1.29 is 9.84 Å². The molecule has 108 valence electrons.